The zero-order chi connectivity index (χ0) is 18.8. The molecule has 1 heterocycles. The Labute approximate surface area is 156 Å². The van der Waals surface area contributed by atoms with Crippen molar-refractivity contribution in [2.75, 3.05) is 7.11 Å². The molecule has 0 radical (unpaired) electrons. The molecule has 0 fully saturated rings. The summed E-state index contributed by atoms with van der Waals surface area (Å²) in [6, 6.07) is 23.9. The first-order valence-corrected chi connectivity index (χ1v) is 8.68. The van der Waals surface area contributed by atoms with Gasteiger partial charge in [0.05, 0.1) is 19.2 Å². The van der Waals surface area contributed by atoms with Gasteiger partial charge >= 0.3 is 0 Å². The Morgan fingerprint density at radius 3 is 2.41 bits per heavy atom. The van der Waals surface area contributed by atoms with Crippen molar-refractivity contribution in [2.45, 2.75) is 6.54 Å². The second-order valence-corrected chi connectivity index (χ2v) is 6.33. The maximum absolute atomic E-state index is 14.2. The predicted octanol–water partition coefficient (Wildman–Crippen LogP) is 4.86. The first-order valence-electron chi connectivity index (χ1n) is 8.68. The van der Waals surface area contributed by atoms with Crippen molar-refractivity contribution in [3.8, 4) is 16.9 Å². The van der Waals surface area contributed by atoms with Gasteiger partial charge in [0.15, 0.2) is 11.6 Å². The lowest BCUT2D eigenvalue weighted by Gasteiger charge is -2.14. The second-order valence-electron chi connectivity index (χ2n) is 6.33. The second kappa shape index (κ2) is 7.08. The quantitative estimate of drug-likeness (QED) is 0.521. The van der Waals surface area contributed by atoms with E-state index in [0.717, 1.165) is 16.5 Å². The van der Waals surface area contributed by atoms with Crippen LogP contribution in [0.3, 0.4) is 0 Å². The highest BCUT2D eigenvalue weighted by Crippen LogP contribution is 2.30. The predicted molar refractivity (Wildman–Crippen MR) is 106 cm³/mol. The van der Waals surface area contributed by atoms with E-state index < -0.39 is 5.82 Å². The van der Waals surface area contributed by atoms with E-state index in [2.05, 4.69) is 0 Å². The first kappa shape index (κ1) is 17.0. The van der Waals surface area contributed by atoms with Crippen LogP contribution in [0.1, 0.15) is 5.56 Å². The molecule has 27 heavy (non-hydrogen) atoms. The van der Waals surface area contributed by atoms with Crippen LogP contribution in [0.2, 0.25) is 0 Å². The summed E-state index contributed by atoms with van der Waals surface area (Å²) in [7, 11) is 1.43. The van der Waals surface area contributed by atoms with E-state index in [1.165, 1.54) is 13.2 Å². The minimum absolute atomic E-state index is 0.122. The molecule has 0 amide bonds. The fourth-order valence-corrected chi connectivity index (χ4v) is 3.34. The van der Waals surface area contributed by atoms with Crippen LogP contribution in [0.15, 0.2) is 83.7 Å². The number of hydrogen-bond acceptors (Lipinski definition) is 2. The lowest BCUT2D eigenvalue weighted by atomic mass is 10.0. The largest absolute Gasteiger partial charge is 0.494 e. The highest BCUT2D eigenvalue weighted by atomic mass is 19.1. The molecular formula is C23H18FNO2. The number of hydrogen-bond donors (Lipinski definition) is 0. The molecule has 0 saturated carbocycles. The molecule has 134 valence electrons. The highest BCUT2D eigenvalue weighted by molar-refractivity contribution is 5.94. The van der Waals surface area contributed by atoms with E-state index in [4.69, 9.17) is 4.74 Å². The standard InChI is InChI=1S/C23H18FNO2/c1-27-22-12-11-17(13-20(22)24)19-14-23(26)25(15-16-7-3-2-4-8-16)21-10-6-5-9-18(19)21/h2-14H,15H2,1H3. The van der Waals surface area contributed by atoms with E-state index in [1.807, 2.05) is 54.6 Å². The third-order valence-corrected chi connectivity index (χ3v) is 4.67. The summed E-state index contributed by atoms with van der Waals surface area (Å²) in [5, 5.41) is 0.901. The molecule has 3 aromatic carbocycles. The number of rotatable bonds is 4. The van der Waals surface area contributed by atoms with E-state index in [0.29, 0.717) is 17.7 Å². The number of para-hydroxylation sites is 1. The molecule has 0 spiro atoms. The van der Waals surface area contributed by atoms with Crippen molar-refractivity contribution in [1.29, 1.82) is 0 Å². The number of halogens is 1. The Morgan fingerprint density at radius 2 is 1.67 bits per heavy atom. The van der Waals surface area contributed by atoms with Crippen molar-refractivity contribution in [1.82, 2.24) is 4.57 Å². The van der Waals surface area contributed by atoms with Crippen LogP contribution in [-0.2, 0) is 6.54 Å². The van der Waals surface area contributed by atoms with Crippen molar-refractivity contribution in [3.63, 3.8) is 0 Å². The molecular weight excluding hydrogens is 341 g/mol. The zero-order valence-electron chi connectivity index (χ0n) is 14.9. The molecule has 0 atom stereocenters. The summed E-state index contributed by atoms with van der Waals surface area (Å²) in [5.41, 5.74) is 3.10. The van der Waals surface area contributed by atoms with E-state index in [9.17, 15) is 9.18 Å². The van der Waals surface area contributed by atoms with Gasteiger partial charge in [-0.1, -0.05) is 54.6 Å². The topological polar surface area (TPSA) is 31.2 Å². The Balaban J connectivity index is 1.91. The summed E-state index contributed by atoms with van der Waals surface area (Å²) < 4.78 is 20.9. The molecule has 0 aliphatic rings. The summed E-state index contributed by atoms with van der Waals surface area (Å²) >= 11 is 0. The average molecular weight is 359 g/mol. The molecule has 3 nitrogen and oxygen atoms in total. The molecule has 0 unspecified atom stereocenters. The molecule has 0 N–H and O–H groups in total. The normalized spacial score (nSPS) is 10.9. The third-order valence-electron chi connectivity index (χ3n) is 4.67. The minimum atomic E-state index is -0.451. The van der Waals surface area contributed by atoms with Gasteiger partial charge in [-0.05, 0) is 34.9 Å². The molecule has 4 rings (SSSR count). The van der Waals surface area contributed by atoms with Crippen LogP contribution in [0, 0.1) is 5.82 Å². The van der Waals surface area contributed by atoms with Gasteiger partial charge in [0, 0.05) is 11.5 Å². The van der Waals surface area contributed by atoms with Gasteiger partial charge in [-0.3, -0.25) is 4.79 Å². The summed E-state index contributed by atoms with van der Waals surface area (Å²) in [6.45, 7) is 0.484. The SMILES string of the molecule is COc1ccc(-c2cc(=O)n(Cc3ccccc3)c3ccccc23)cc1F. The van der Waals surface area contributed by atoms with Gasteiger partial charge in [0.25, 0.3) is 5.56 Å². The highest BCUT2D eigenvalue weighted by Gasteiger charge is 2.12. The first-order chi connectivity index (χ1) is 13.2. The summed E-state index contributed by atoms with van der Waals surface area (Å²) in [5.74, 6) is -0.270. The van der Waals surface area contributed by atoms with Gasteiger partial charge in [-0.25, -0.2) is 4.39 Å². The molecule has 0 aliphatic heterocycles. The molecule has 4 heteroatoms. The van der Waals surface area contributed by atoms with Gasteiger partial charge in [-0.2, -0.15) is 0 Å². The van der Waals surface area contributed by atoms with Gasteiger partial charge < -0.3 is 9.30 Å². The van der Waals surface area contributed by atoms with Crippen molar-refractivity contribution >= 4 is 10.9 Å². The van der Waals surface area contributed by atoms with Crippen LogP contribution in [0.25, 0.3) is 22.0 Å². The van der Waals surface area contributed by atoms with Gasteiger partial charge in [0.1, 0.15) is 0 Å². The Bertz CT molecular complexity index is 1170. The lowest BCUT2D eigenvalue weighted by Crippen LogP contribution is -2.20. The average Bonchev–Trinajstić information content (AvgIpc) is 2.70. The van der Waals surface area contributed by atoms with Crippen LogP contribution in [-0.4, -0.2) is 11.7 Å². The van der Waals surface area contributed by atoms with Crippen molar-refractivity contribution in [2.24, 2.45) is 0 Å². The number of nitrogens with zero attached hydrogens (tertiary/aromatic N) is 1. The summed E-state index contributed by atoms with van der Waals surface area (Å²) in [6.07, 6.45) is 0. The Morgan fingerprint density at radius 1 is 0.926 bits per heavy atom. The maximum atomic E-state index is 14.2. The number of ether oxygens (including phenoxy) is 1. The van der Waals surface area contributed by atoms with E-state index in [1.54, 1.807) is 22.8 Å². The number of pyridine rings is 1. The van der Waals surface area contributed by atoms with Crippen LogP contribution in [0.4, 0.5) is 4.39 Å². The molecule has 4 aromatic rings. The number of aromatic nitrogens is 1. The monoisotopic (exact) mass is 359 g/mol. The lowest BCUT2D eigenvalue weighted by molar-refractivity contribution is 0.386. The maximum Gasteiger partial charge on any atom is 0.251 e. The zero-order valence-corrected chi connectivity index (χ0v) is 14.9. The third kappa shape index (κ3) is 3.22. The number of methoxy groups -OCH3 is 1. The Hall–Kier alpha value is -3.40. The van der Waals surface area contributed by atoms with Crippen LogP contribution < -0.4 is 10.3 Å². The summed E-state index contributed by atoms with van der Waals surface area (Å²) in [4.78, 5) is 12.9. The Kier molecular flexibility index (Phi) is 4.47. The minimum Gasteiger partial charge on any atom is -0.494 e. The molecule has 0 aliphatic carbocycles. The van der Waals surface area contributed by atoms with Gasteiger partial charge in [-0.15, -0.1) is 0 Å². The smallest absolute Gasteiger partial charge is 0.251 e. The van der Waals surface area contributed by atoms with Crippen molar-refractivity contribution < 1.29 is 9.13 Å². The number of benzene rings is 3. The molecule has 1 aromatic heterocycles. The van der Waals surface area contributed by atoms with Crippen molar-refractivity contribution in [3.05, 3.63) is 101 Å². The van der Waals surface area contributed by atoms with E-state index >= 15 is 0 Å². The number of fused-ring (bicyclic) bond motifs is 1. The fourth-order valence-electron chi connectivity index (χ4n) is 3.34. The molecule has 0 bridgehead atoms. The van der Waals surface area contributed by atoms with E-state index in [-0.39, 0.29) is 11.3 Å². The van der Waals surface area contributed by atoms with Gasteiger partial charge in [0.2, 0.25) is 0 Å². The molecule has 0 saturated heterocycles. The fraction of sp³-hybridized carbons (Fsp3) is 0.0870. The van der Waals surface area contributed by atoms with Crippen LogP contribution >= 0.6 is 0 Å². The van der Waals surface area contributed by atoms with Crippen LogP contribution in [0.5, 0.6) is 5.75 Å².